The van der Waals surface area contributed by atoms with Gasteiger partial charge in [-0.2, -0.15) is 0 Å². The Balaban J connectivity index is 1.40. The van der Waals surface area contributed by atoms with Gasteiger partial charge in [0.2, 0.25) is 5.91 Å². The average Bonchev–Trinajstić information content (AvgIpc) is 3.20. The van der Waals surface area contributed by atoms with Crippen LogP contribution in [0, 0.1) is 12.8 Å². The molecular weight excluding hydrogens is 394 g/mol. The lowest BCUT2D eigenvalue weighted by Crippen LogP contribution is -2.41. The predicted octanol–water partition coefficient (Wildman–Crippen LogP) is 3.08. The monoisotopic (exact) mass is 419 g/mol. The van der Waals surface area contributed by atoms with Crippen LogP contribution in [0.2, 0.25) is 0 Å². The Morgan fingerprint density at radius 2 is 1.81 bits per heavy atom. The first-order valence-electron chi connectivity index (χ1n) is 10.3. The Morgan fingerprint density at radius 1 is 1.06 bits per heavy atom. The van der Waals surface area contributed by atoms with Gasteiger partial charge in [0.15, 0.2) is 5.69 Å². The second kappa shape index (κ2) is 8.99. The van der Waals surface area contributed by atoms with Crippen molar-refractivity contribution in [1.82, 2.24) is 19.9 Å². The van der Waals surface area contributed by atoms with E-state index in [1.807, 2.05) is 61.5 Å². The quantitative estimate of drug-likeness (QED) is 0.687. The summed E-state index contributed by atoms with van der Waals surface area (Å²) in [7, 11) is 1.60. The molecule has 8 nitrogen and oxygen atoms in total. The average molecular weight is 419 g/mol. The molecule has 2 heterocycles. The topological polar surface area (TPSA) is 89.3 Å². The third-order valence-corrected chi connectivity index (χ3v) is 5.59. The van der Waals surface area contributed by atoms with Gasteiger partial charge in [0, 0.05) is 30.8 Å². The van der Waals surface area contributed by atoms with E-state index in [-0.39, 0.29) is 17.7 Å². The predicted molar refractivity (Wildman–Crippen MR) is 116 cm³/mol. The number of ether oxygens (including phenoxy) is 1. The molecule has 2 aromatic carbocycles. The Bertz CT molecular complexity index is 1070. The summed E-state index contributed by atoms with van der Waals surface area (Å²) in [6, 6.07) is 16.8. The second-order valence-corrected chi connectivity index (χ2v) is 7.56. The van der Waals surface area contributed by atoms with E-state index in [9.17, 15) is 9.59 Å². The second-order valence-electron chi connectivity index (χ2n) is 7.56. The highest BCUT2D eigenvalue weighted by Crippen LogP contribution is 2.23. The van der Waals surface area contributed by atoms with Crippen LogP contribution >= 0.6 is 0 Å². The summed E-state index contributed by atoms with van der Waals surface area (Å²) >= 11 is 0. The zero-order valence-electron chi connectivity index (χ0n) is 17.6. The molecule has 0 unspecified atom stereocenters. The molecule has 2 amide bonds. The molecule has 31 heavy (non-hydrogen) atoms. The minimum absolute atomic E-state index is 0.00144. The third kappa shape index (κ3) is 4.42. The van der Waals surface area contributed by atoms with Crippen molar-refractivity contribution in [1.29, 1.82) is 0 Å². The Morgan fingerprint density at radius 3 is 2.52 bits per heavy atom. The number of amides is 2. The smallest absolute Gasteiger partial charge is 0.276 e. The van der Waals surface area contributed by atoms with E-state index in [0.717, 1.165) is 11.4 Å². The van der Waals surface area contributed by atoms with Gasteiger partial charge in [-0.25, -0.2) is 4.68 Å². The molecule has 3 aromatic rings. The van der Waals surface area contributed by atoms with Crippen LogP contribution in [-0.2, 0) is 4.79 Å². The van der Waals surface area contributed by atoms with E-state index < -0.39 is 0 Å². The van der Waals surface area contributed by atoms with Gasteiger partial charge in [0.05, 0.1) is 18.5 Å². The van der Waals surface area contributed by atoms with Crippen LogP contribution < -0.4 is 10.1 Å². The van der Waals surface area contributed by atoms with Gasteiger partial charge >= 0.3 is 0 Å². The molecule has 1 aromatic heterocycles. The van der Waals surface area contributed by atoms with Gasteiger partial charge in [-0.05, 0) is 44.0 Å². The highest BCUT2D eigenvalue weighted by atomic mass is 16.5. The Labute approximate surface area is 180 Å². The van der Waals surface area contributed by atoms with Crippen molar-refractivity contribution in [3.8, 4) is 11.4 Å². The lowest BCUT2D eigenvalue weighted by Gasteiger charge is -2.31. The number of hydrogen-bond acceptors (Lipinski definition) is 5. The number of para-hydroxylation sites is 1. The van der Waals surface area contributed by atoms with Crippen molar-refractivity contribution >= 4 is 17.5 Å². The fraction of sp³-hybridized carbons (Fsp3) is 0.304. The van der Waals surface area contributed by atoms with Crippen LogP contribution in [0.5, 0.6) is 5.75 Å². The lowest BCUT2D eigenvalue weighted by atomic mass is 9.95. The van der Waals surface area contributed by atoms with Crippen molar-refractivity contribution in [2.24, 2.45) is 5.92 Å². The van der Waals surface area contributed by atoms with E-state index in [2.05, 4.69) is 15.6 Å². The number of piperidine rings is 1. The zero-order chi connectivity index (χ0) is 21.8. The number of likely N-dealkylation sites (tertiary alicyclic amines) is 1. The summed E-state index contributed by atoms with van der Waals surface area (Å²) in [6.07, 6.45) is 1.24. The van der Waals surface area contributed by atoms with Crippen molar-refractivity contribution < 1.29 is 14.3 Å². The maximum absolute atomic E-state index is 13.0. The fourth-order valence-corrected chi connectivity index (χ4v) is 3.77. The van der Waals surface area contributed by atoms with E-state index in [1.165, 1.54) is 0 Å². The number of methoxy groups -OCH3 is 1. The number of rotatable bonds is 5. The van der Waals surface area contributed by atoms with E-state index in [4.69, 9.17) is 4.74 Å². The normalized spacial score (nSPS) is 14.3. The SMILES string of the molecule is COc1cccc(-n2nnc(C(=O)N3CCC(C(=O)Nc4ccccc4)CC3)c2C)c1. The van der Waals surface area contributed by atoms with Gasteiger partial charge in [-0.15, -0.1) is 5.10 Å². The molecule has 0 saturated carbocycles. The van der Waals surface area contributed by atoms with Crippen molar-refractivity contribution in [3.63, 3.8) is 0 Å². The minimum atomic E-state index is -0.159. The van der Waals surface area contributed by atoms with E-state index >= 15 is 0 Å². The Hall–Kier alpha value is -3.68. The van der Waals surface area contributed by atoms with Crippen LogP contribution in [0.4, 0.5) is 5.69 Å². The first-order chi connectivity index (χ1) is 15.1. The summed E-state index contributed by atoms with van der Waals surface area (Å²) in [5.41, 5.74) is 2.56. The molecule has 1 saturated heterocycles. The molecule has 1 N–H and O–H groups in total. The molecule has 1 aliphatic rings. The molecule has 4 rings (SSSR count). The molecule has 0 aliphatic carbocycles. The summed E-state index contributed by atoms with van der Waals surface area (Å²) < 4.78 is 6.90. The molecule has 0 spiro atoms. The zero-order valence-corrected chi connectivity index (χ0v) is 17.6. The summed E-state index contributed by atoms with van der Waals surface area (Å²) in [4.78, 5) is 27.3. The number of carbonyl (C=O) groups excluding carboxylic acids is 2. The standard InChI is InChI=1S/C23H25N5O3/c1-16-21(25-26-28(16)19-9-6-10-20(15-19)31-2)23(30)27-13-11-17(12-14-27)22(29)24-18-7-4-3-5-8-18/h3-10,15,17H,11-14H2,1-2H3,(H,24,29). The first-order valence-corrected chi connectivity index (χ1v) is 10.3. The van der Waals surface area contributed by atoms with Crippen molar-refractivity contribution in [3.05, 3.63) is 66.0 Å². The number of nitrogens with one attached hydrogen (secondary N) is 1. The summed E-state index contributed by atoms with van der Waals surface area (Å²) in [6.45, 7) is 2.85. The number of nitrogens with zero attached hydrogens (tertiary/aromatic N) is 4. The van der Waals surface area contributed by atoms with Crippen LogP contribution in [0.3, 0.4) is 0 Å². The van der Waals surface area contributed by atoms with Crippen LogP contribution in [0.1, 0.15) is 29.0 Å². The van der Waals surface area contributed by atoms with E-state index in [1.54, 1.807) is 16.7 Å². The number of anilines is 1. The van der Waals surface area contributed by atoms with Gasteiger partial charge in [0.25, 0.3) is 5.91 Å². The lowest BCUT2D eigenvalue weighted by molar-refractivity contribution is -0.121. The number of benzene rings is 2. The van der Waals surface area contributed by atoms with Gasteiger partial charge in [0.1, 0.15) is 5.75 Å². The number of carbonyl (C=O) groups is 2. The molecular formula is C23H25N5O3. The van der Waals surface area contributed by atoms with Crippen molar-refractivity contribution in [2.45, 2.75) is 19.8 Å². The van der Waals surface area contributed by atoms with E-state index in [0.29, 0.717) is 43.1 Å². The Kier molecular flexibility index (Phi) is 5.97. The van der Waals surface area contributed by atoms with Crippen LogP contribution in [0.15, 0.2) is 54.6 Å². The maximum Gasteiger partial charge on any atom is 0.276 e. The van der Waals surface area contributed by atoms with Gasteiger partial charge < -0.3 is 15.0 Å². The molecule has 0 atom stereocenters. The highest BCUT2D eigenvalue weighted by molar-refractivity contribution is 5.94. The molecule has 160 valence electrons. The molecule has 0 bridgehead atoms. The third-order valence-electron chi connectivity index (χ3n) is 5.59. The maximum atomic E-state index is 13.0. The molecule has 0 radical (unpaired) electrons. The molecule has 8 heteroatoms. The first kappa shape index (κ1) is 20.6. The van der Waals surface area contributed by atoms with Gasteiger partial charge in [-0.3, -0.25) is 9.59 Å². The van der Waals surface area contributed by atoms with Crippen LogP contribution in [0.25, 0.3) is 5.69 Å². The summed E-state index contributed by atoms with van der Waals surface area (Å²) in [5.74, 6) is 0.431. The summed E-state index contributed by atoms with van der Waals surface area (Å²) in [5, 5.41) is 11.3. The van der Waals surface area contributed by atoms with Gasteiger partial charge in [-0.1, -0.05) is 29.5 Å². The van der Waals surface area contributed by atoms with Crippen molar-refractivity contribution in [2.75, 3.05) is 25.5 Å². The largest absolute Gasteiger partial charge is 0.497 e. The highest BCUT2D eigenvalue weighted by Gasteiger charge is 2.30. The van der Waals surface area contributed by atoms with Crippen LogP contribution in [-0.4, -0.2) is 51.9 Å². The molecule has 1 aliphatic heterocycles. The fourth-order valence-electron chi connectivity index (χ4n) is 3.77. The molecule has 1 fully saturated rings. The minimum Gasteiger partial charge on any atom is -0.497 e. The number of aromatic nitrogens is 3. The number of hydrogen-bond donors (Lipinski definition) is 1.